The molecule has 0 heterocycles. The third-order valence-corrected chi connectivity index (χ3v) is 9.50. The van der Waals surface area contributed by atoms with Gasteiger partial charge in [0.25, 0.3) is 0 Å². The monoisotopic (exact) mass is 670 g/mol. The summed E-state index contributed by atoms with van der Waals surface area (Å²) in [6.45, 7) is 12.0. The molecule has 0 aliphatic carbocycles. The molecule has 0 aromatic heterocycles. The van der Waals surface area contributed by atoms with E-state index in [0.717, 1.165) is 51.7 Å². The summed E-state index contributed by atoms with van der Waals surface area (Å²) >= 11 is 0. The molecule has 3 nitrogen and oxygen atoms in total. The minimum atomic E-state index is 0.0206. The van der Waals surface area contributed by atoms with Crippen LogP contribution in [0.15, 0.2) is 48.6 Å². The van der Waals surface area contributed by atoms with Crippen LogP contribution in [0.25, 0.3) is 0 Å². The van der Waals surface area contributed by atoms with Gasteiger partial charge in [-0.3, -0.25) is 4.79 Å². The van der Waals surface area contributed by atoms with Crippen LogP contribution in [0.1, 0.15) is 207 Å². The quantitative estimate of drug-likeness (QED) is 0.0374. The summed E-state index contributed by atoms with van der Waals surface area (Å²) in [4.78, 5) is 15.1. The molecule has 0 spiro atoms. The average Bonchev–Trinajstić information content (AvgIpc) is 3.09. The van der Waals surface area contributed by atoms with Crippen molar-refractivity contribution in [3.8, 4) is 0 Å². The number of nitrogens with zero attached hydrogens (tertiary/aromatic N) is 1. The van der Waals surface area contributed by atoms with Crippen molar-refractivity contribution >= 4 is 5.97 Å². The Hall–Kier alpha value is -1.61. The van der Waals surface area contributed by atoms with Gasteiger partial charge in [-0.2, -0.15) is 0 Å². The van der Waals surface area contributed by atoms with E-state index < -0.39 is 0 Å². The molecule has 0 fully saturated rings. The zero-order valence-electron chi connectivity index (χ0n) is 32.9. The van der Waals surface area contributed by atoms with Crippen molar-refractivity contribution in [2.24, 2.45) is 0 Å². The highest BCUT2D eigenvalue weighted by Gasteiger charge is 2.14. The molecule has 48 heavy (non-hydrogen) atoms. The number of carbonyl (C=O) groups is 1. The predicted molar refractivity (Wildman–Crippen MR) is 215 cm³/mol. The van der Waals surface area contributed by atoms with Gasteiger partial charge in [-0.1, -0.05) is 153 Å². The van der Waals surface area contributed by atoms with Gasteiger partial charge in [-0.05, 0) is 116 Å². The Kier molecular flexibility index (Phi) is 38.5. The van der Waals surface area contributed by atoms with E-state index >= 15 is 0 Å². The molecule has 0 rings (SSSR count). The van der Waals surface area contributed by atoms with Crippen LogP contribution in [0.4, 0.5) is 0 Å². The highest BCUT2D eigenvalue weighted by Crippen LogP contribution is 2.18. The summed E-state index contributed by atoms with van der Waals surface area (Å²) in [5, 5.41) is 0. The number of hydrogen-bond donors (Lipinski definition) is 0. The number of carbonyl (C=O) groups excluding carboxylic acids is 1. The van der Waals surface area contributed by atoms with Gasteiger partial charge in [0.1, 0.15) is 6.10 Å². The number of rotatable bonds is 37. The summed E-state index contributed by atoms with van der Waals surface area (Å²) in [5.74, 6) is 0.0206. The first kappa shape index (κ1) is 46.4. The van der Waals surface area contributed by atoms with Crippen LogP contribution >= 0.6 is 0 Å². The summed E-state index contributed by atoms with van der Waals surface area (Å²) in [7, 11) is 0. The standard InChI is InChI=1S/C45H83NO2/c1-5-9-11-13-15-17-19-21-23-25-27-29-31-33-35-37-40-44(48-45(47)42-39-43-46(7-3)8-4)41-38-36-34-32-30-28-26-24-22-20-18-16-14-12-10-6-2/h15-18,21-24,44H,5-14,19-20,25-43H2,1-4H3/b17-15-,18-16-,23-21-,24-22-. The zero-order chi connectivity index (χ0) is 35.0. The highest BCUT2D eigenvalue weighted by molar-refractivity contribution is 5.69. The van der Waals surface area contributed by atoms with Gasteiger partial charge in [-0.25, -0.2) is 0 Å². The van der Waals surface area contributed by atoms with Crippen LogP contribution in [-0.2, 0) is 9.53 Å². The van der Waals surface area contributed by atoms with Crippen LogP contribution < -0.4 is 0 Å². The normalized spacial score (nSPS) is 12.4. The Labute approximate surface area is 301 Å². The van der Waals surface area contributed by atoms with E-state index in [1.165, 1.54) is 141 Å². The van der Waals surface area contributed by atoms with E-state index in [9.17, 15) is 4.79 Å². The van der Waals surface area contributed by atoms with Gasteiger partial charge < -0.3 is 9.64 Å². The lowest BCUT2D eigenvalue weighted by atomic mass is 10.0. The maximum atomic E-state index is 12.7. The third kappa shape index (κ3) is 35.7. The van der Waals surface area contributed by atoms with E-state index in [0.29, 0.717) is 6.42 Å². The van der Waals surface area contributed by atoms with Gasteiger partial charge in [-0.15, -0.1) is 0 Å². The van der Waals surface area contributed by atoms with Crippen LogP contribution in [0.3, 0.4) is 0 Å². The van der Waals surface area contributed by atoms with E-state index in [4.69, 9.17) is 4.74 Å². The van der Waals surface area contributed by atoms with Gasteiger partial charge in [0.15, 0.2) is 0 Å². The molecule has 0 saturated heterocycles. The van der Waals surface area contributed by atoms with Gasteiger partial charge in [0.05, 0.1) is 0 Å². The second-order valence-electron chi connectivity index (χ2n) is 14.0. The van der Waals surface area contributed by atoms with Crippen LogP contribution in [0, 0.1) is 0 Å². The average molecular weight is 670 g/mol. The Morgan fingerprint density at radius 3 is 1.25 bits per heavy atom. The molecule has 0 N–H and O–H groups in total. The maximum Gasteiger partial charge on any atom is 0.306 e. The number of allylic oxidation sites excluding steroid dienone is 8. The Morgan fingerprint density at radius 2 is 0.854 bits per heavy atom. The molecule has 0 atom stereocenters. The summed E-state index contributed by atoms with van der Waals surface area (Å²) < 4.78 is 6.07. The van der Waals surface area contributed by atoms with Crippen molar-refractivity contribution in [2.45, 2.75) is 214 Å². The SMILES string of the molecule is CCCCC/C=C\C/C=C\CCCCCCCCC(CCCCCCCC/C=C\C/C=C\CCCCC)OC(=O)CCCN(CC)CC. The van der Waals surface area contributed by atoms with E-state index in [-0.39, 0.29) is 12.1 Å². The predicted octanol–water partition coefficient (Wildman–Crippen LogP) is 14.4. The Bertz CT molecular complexity index is 715. The van der Waals surface area contributed by atoms with Crippen molar-refractivity contribution in [1.82, 2.24) is 4.90 Å². The van der Waals surface area contributed by atoms with Crippen LogP contribution in [0.2, 0.25) is 0 Å². The van der Waals surface area contributed by atoms with Crippen molar-refractivity contribution in [3.63, 3.8) is 0 Å². The van der Waals surface area contributed by atoms with Crippen molar-refractivity contribution in [1.29, 1.82) is 0 Å². The number of hydrogen-bond acceptors (Lipinski definition) is 3. The molecular formula is C45H83NO2. The second-order valence-corrected chi connectivity index (χ2v) is 14.0. The van der Waals surface area contributed by atoms with E-state index in [1.807, 2.05) is 0 Å². The fraction of sp³-hybridized carbons (Fsp3) is 0.800. The third-order valence-electron chi connectivity index (χ3n) is 9.50. The topological polar surface area (TPSA) is 29.5 Å². The van der Waals surface area contributed by atoms with Crippen LogP contribution in [-0.4, -0.2) is 36.6 Å². The Morgan fingerprint density at radius 1 is 0.479 bits per heavy atom. The molecule has 0 aromatic rings. The van der Waals surface area contributed by atoms with E-state index in [1.54, 1.807) is 0 Å². The number of unbranched alkanes of at least 4 members (excludes halogenated alkanes) is 18. The number of esters is 1. The Balaban J connectivity index is 4.13. The van der Waals surface area contributed by atoms with Gasteiger partial charge in [0.2, 0.25) is 0 Å². The molecule has 0 aliphatic rings. The van der Waals surface area contributed by atoms with Gasteiger partial charge >= 0.3 is 5.97 Å². The lowest BCUT2D eigenvalue weighted by Gasteiger charge is -2.20. The largest absolute Gasteiger partial charge is 0.462 e. The molecule has 0 radical (unpaired) electrons. The fourth-order valence-corrected chi connectivity index (χ4v) is 6.21. The minimum absolute atomic E-state index is 0.0206. The lowest BCUT2D eigenvalue weighted by Crippen LogP contribution is -2.25. The molecule has 0 aliphatic heterocycles. The molecule has 0 bridgehead atoms. The van der Waals surface area contributed by atoms with E-state index in [2.05, 4.69) is 81.2 Å². The molecule has 0 aromatic carbocycles. The van der Waals surface area contributed by atoms with Crippen molar-refractivity contribution < 1.29 is 9.53 Å². The molecular weight excluding hydrogens is 587 g/mol. The minimum Gasteiger partial charge on any atom is -0.462 e. The maximum absolute atomic E-state index is 12.7. The first-order chi connectivity index (χ1) is 23.7. The first-order valence-corrected chi connectivity index (χ1v) is 21.2. The molecule has 0 saturated carbocycles. The summed E-state index contributed by atoms with van der Waals surface area (Å²) in [6.07, 6.45) is 52.8. The molecule has 3 heteroatoms. The highest BCUT2D eigenvalue weighted by atomic mass is 16.5. The number of ether oxygens (including phenoxy) is 1. The van der Waals surface area contributed by atoms with Crippen LogP contribution in [0.5, 0.6) is 0 Å². The molecule has 0 unspecified atom stereocenters. The fourth-order valence-electron chi connectivity index (χ4n) is 6.21. The lowest BCUT2D eigenvalue weighted by molar-refractivity contribution is -0.150. The second kappa shape index (κ2) is 39.8. The first-order valence-electron chi connectivity index (χ1n) is 21.2. The van der Waals surface area contributed by atoms with Crippen molar-refractivity contribution in [2.75, 3.05) is 19.6 Å². The zero-order valence-corrected chi connectivity index (χ0v) is 32.9. The summed E-state index contributed by atoms with van der Waals surface area (Å²) in [5.41, 5.74) is 0. The van der Waals surface area contributed by atoms with Crippen molar-refractivity contribution in [3.05, 3.63) is 48.6 Å². The molecule has 0 amide bonds. The molecule has 280 valence electrons. The van der Waals surface area contributed by atoms with Gasteiger partial charge in [0, 0.05) is 6.42 Å². The summed E-state index contributed by atoms with van der Waals surface area (Å²) in [6, 6.07) is 0. The smallest absolute Gasteiger partial charge is 0.306 e.